The minimum atomic E-state index is -1.07. The maximum absolute atomic E-state index is 11.8. The standard InChI is InChI=1S/C18H18N2O4/c1-10(17-15(21)6-7-16(17)22)20-14(18(23)24)8-11-9-19-13-5-3-2-4-12(11)13/h2-5,9,14,17,19H,6-8H2,1H3,(H,23,24)/t14-/m0/s1. The molecule has 0 aliphatic heterocycles. The summed E-state index contributed by atoms with van der Waals surface area (Å²) in [6.45, 7) is 1.57. The van der Waals surface area contributed by atoms with Crippen molar-refractivity contribution in [2.45, 2.75) is 32.2 Å². The summed E-state index contributed by atoms with van der Waals surface area (Å²) in [4.78, 5) is 42.5. The van der Waals surface area contributed by atoms with Crippen LogP contribution in [-0.4, -0.2) is 39.4 Å². The van der Waals surface area contributed by atoms with Crippen LogP contribution in [0.1, 0.15) is 25.3 Å². The number of carbonyl (C=O) groups excluding carboxylic acids is 2. The molecular weight excluding hydrogens is 308 g/mol. The second kappa shape index (κ2) is 6.39. The molecule has 0 unspecified atom stereocenters. The van der Waals surface area contributed by atoms with E-state index in [9.17, 15) is 19.5 Å². The Morgan fingerprint density at radius 1 is 1.29 bits per heavy atom. The lowest BCUT2D eigenvalue weighted by Gasteiger charge is -2.12. The molecule has 1 heterocycles. The zero-order chi connectivity index (χ0) is 17.3. The van der Waals surface area contributed by atoms with Gasteiger partial charge in [0.25, 0.3) is 0 Å². The van der Waals surface area contributed by atoms with Crippen molar-refractivity contribution in [1.29, 1.82) is 0 Å². The first-order chi connectivity index (χ1) is 11.5. The molecule has 1 atom stereocenters. The topological polar surface area (TPSA) is 99.6 Å². The molecule has 0 bridgehead atoms. The number of aromatic nitrogens is 1. The molecule has 1 aliphatic rings. The Labute approximate surface area is 138 Å². The van der Waals surface area contributed by atoms with E-state index in [0.29, 0.717) is 5.71 Å². The molecule has 0 amide bonds. The predicted octanol–water partition coefficient (Wildman–Crippen LogP) is 2.17. The summed E-state index contributed by atoms with van der Waals surface area (Å²) >= 11 is 0. The maximum Gasteiger partial charge on any atom is 0.328 e. The molecule has 2 N–H and O–H groups in total. The Bertz CT molecular complexity index is 834. The molecule has 6 heteroatoms. The average molecular weight is 326 g/mol. The van der Waals surface area contributed by atoms with E-state index in [1.165, 1.54) is 0 Å². The van der Waals surface area contributed by atoms with Crippen LogP contribution in [0.5, 0.6) is 0 Å². The number of aliphatic carboxylic acids is 1. The monoisotopic (exact) mass is 326 g/mol. The lowest BCUT2D eigenvalue weighted by atomic mass is 9.99. The normalized spacial score (nSPS) is 17.6. The van der Waals surface area contributed by atoms with E-state index in [1.807, 2.05) is 24.3 Å². The number of benzene rings is 1. The highest BCUT2D eigenvalue weighted by Gasteiger charge is 2.35. The van der Waals surface area contributed by atoms with Gasteiger partial charge in [0, 0.05) is 42.1 Å². The van der Waals surface area contributed by atoms with Gasteiger partial charge in [-0.25, -0.2) is 4.79 Å². The van der Waals surface area contributed by atoms with E-state index in [0.717, 1.165) is 16.5 Å². The molecule has 3 rings (SSSR count). The van der Waals surface area contributed by atoms with Gasteiger partial charge >= 0.3 is 5.97 Å². The van der Waals surface area contributed by atoms with Crippen LogP contribution in [0.4, 0.5) is 0 Å². The van der Waals surface area contributed by atoms with Crippen LogP contribution in [0.25, 0.3) is 10.9 Å². The van der Waals surface area contributed by atoms with Crippen molar-refractivity contribution in [1.82, 2.24) is 4.98 Å². The number of Topliss-reactive ketones (excluding diaryl/α,β-unsaturated/α-hetero) is 2. The molecule has 1 aromatic carbocycles. The van der Waals surface area contributed by atoms with Gasteiger partial charge in [0.05, 0.1) is 0 Å². The fourth-order valence-electron chi connectivity index (χ4n) is 3.20. The predicted molar refractivity (Wildman–Crippen MR) is 89.3 cm³/mol. The largest absolute Gasteiger partial charge is 0.480 e. The second-order valence-corrected chi connectivity index (χ2v) is 6.05. The number of hydrogen-bond donors (Lipinski definition) is 2. The smallest absolute Gasteiger partial charge is 0.328 e. The number of ketones is 2. The molecule has 0 saturated heterocycles. The number of aliphatic imine (C=N–C) groups is 1. The van der Waals surface area contributed by atoms with E-state index >= 15 is 0 Å². The minimum Gasteiger partial charge on any atom is -0.480 e. The van der Waals surface area contributed by atoms with Gasteiger partial charge in [-0.05, 0) is 18.6 Å². The number of rotatable bonds is 5. The van der Waals surface area contributed by atoms with Crippen LogP contribution in [-0.2, 0) is 20.8 Å². The third kappa shape index (κ3) is 2.99. The number of nitrogens with zero attached hydrogens (tertiary/aromatic N) is 1. The SMILES string of the molecule is CC(=N[C@@H](Cc1c[nH]c2ccccc12)C(=O)O)C1C(=O)CCC1=O. The van der Waals surface area contributed by atoms with Gasteiger partial charge in [-0.2, -0.15) is 0 Å². The van der Waals surface area contributed by atoms with Crippen LogP contribution in [0.2, 0.25) is 0 Å². The van der Waals surface area contributed by atoms with Crippen molar-refractivity contribution in [2.75, 3.05) is 0 Å². The molecule has 24 heavy (non-hydrogen) atoms. The van der Waals surface area contributed by atoms with E-state index in [1.54, 1.807) is 13.1 Å². The molecule has 0 radical (unpaired) electrons. The van der Waals surface area contributed by atoms with E-state index in [4.69, 9.17) is 0 Å². The highest BCUT2D eigenvalue weighted by molar-refractivity contribution is 6.24. The fourth-order valence-corrected chi connectivity index (χ4v) is 3.20. The number of H-pyrrole nitrogens is 1. The zero-order valence-corrected chi connectivity index (χ0v) is 13.3. The van der Waals surface area contributed by atoms with Crippen molar-refractivity contribution in [2.24, 2.45) is 10.9 Å². The Balaban J connectivity index is 1.87. The average Bonchev–Trinajstić information content (AvgIpc) is 3.10. The van der Waals surface area contributed by atoms with Crippen molar-refractivity contribution in [3.05, 3.63) is 36.0 Å². The number of carboxylic acids is 1. The van der Waals surface area contributed by atoms with Crippen molar-refractivity contribution in [3.63, 3.8) is 0 Å². The van der Waals surface area contributed by atoms with Gasteiger partial charge in [-0.1, -0.05) is 18.2 Å². The Kier molecular flexibility index (Phi) is 4.29. The van der Waals surface area contributed by atoms with Gasteiger partial charge in [0.2, 0.25) is 0 Å². The summed E-state index contributed by atoms with van der Waals surface area (Å²) in [7, 11) is 0. The van der Waals surface area contributed by atoms with Crippen molar-refractivity contribution >= 4 is 34.2 Å². The molecule has 2 aromatic rings. The van der Waals surface area contributed by atoms with Crippen molar-refractivity contribution in [3.8, 4) is 0 Å². The van der Waals surface area contributed by atoms with Gasteiger partial charge < -0.3 is 10.1 Å². The number of para-hydroxylation sites is 1. The molecule has 124 valence electrons. The van der Waals surface area contributed by atoms with E-state index in [-0.39, 0.29) is 30.8 Å². The fraction of sp³-hybridized carbons (Fsp3) is 0.333. The summed E-state index contributed by atoms with van der Waals surface area (Å²) < 4.78 is 0. The van der Waals surface area contributed by atoms with E-state index in [2.05, 4.69) is 9.98 Å². The summed E-state index contributed by atoms with van der Waals surface area (Å²) in [5, 5.41) is 10.4. The van der Waals surface area contributed by atoms with Crippen LogP contribution >= 0.6 is 0 Å². The van der Waals surface area contributed by atoms with Crippen LogP contribution in [0.15, 0.2) is 35.5 Å². The number of nitrogens with one attached hydrogen (secondary N) is 1. The Morgan fingerprint density at radius 3 is 2.62 bits per heavy atom. The van der Waals surface area contributed by atoms with Crippen LogP contribution in [0.3, 0.4) is 0 Å². The molecule has 6 nitrogen and oxygen atoms in total. The number of carboxylic acid groups (broad SMARTS) is 1. The molecule has 1 aromatic heterocycles. The molecular formula is C18H18N2O4. The minimum absolute atomic E-state index is 0.169. The van der Waals surface area contributed by atoms with Crippen molar-refractivity contribution < 1.29 is 19.5 Å². The van der Waals surface area contributed by atoms with Gasteiger partial charge in [-0.15, -0.1) is 0 Å². The number of aromatic amines is 1. The first kappa shape index (κ1) is 16.1. The van der Waals surface area contributed by atoms with E-state index < -0.39 is 17.9 Å². The first-order valence-corrected chi connectivity index (χ1v) is 7.85. The lowest BCUT2D eigenvalue weighted by Crippen LogP contribution is -2.28. The quantitative estimate of drug-likeness (QED) is 0.649. The number of hydrogen-bond acceptors (Lipinski definition) is 4. The third-order valence-corrected chi connectivity index (χ3v) is 4.41. The Morgan fingerprint density at radius 2 is 1.96 bits per heavy atom. The Hall–Kier alpha value is -2.76. The lowest BCUT2D eigenvalue weighted by molar-refractivity contribution is -0.138. The maximum atomic E-state index is 11.8. The number of carbonyl (C=O) groups is 3. The number of fused-ring (bicyclic) bond motifs is 1. The zero-order valence-electron chi connectivity index (χ0n) is 13.3. The molecule has 1 saturated carbocycles. The van der Waals surface area contributed by atoms with Gasteiger partial charge in [-0.3, -0.25) is 14.6 Å². The summed E-state index contributed by atoms with van der Waals surface area (Å²) in [6, 6.07) is 6.60. The molecule has 1 fully saturated rings. The van der Waals surface area contributed by atoms with Gasteiger partial charge in [0.1, 0.15) is 17.5 Å². The first-order valence-electron chi connectivity index (χ1n) is 7.85. The summed E-state index contributed by atoms with van der Waals surface area (Å²) in [5.41, 5.74) is 2.08. The molecule has 0 spiro atoms. The summed E-state index contributed by atoms with van der Waals surface area (Å²) in [5.74, 6) is -2.28. The third-order valence-electron chi connectivity index (χ3n) is 4.41. The molecule has 1 aliphatic carbocycles. The highest BCUT2D eigenvalue weighted by Crippen LogP contribution is 2.22. The van der Waals surface area contributed by atoms with Crippen LogP contribution < -0.4 is 0 Å². The summed E-state index contributed by atoms with van der Waals surface area (Å²) in [6.07, 6.45) is 2.41. The second-order valence-electron chi connectivity index (χ2n) is 6.05. The van der Waals surface area contributed by atoms with Gasteiger partial charge in [0.15, 0.2) is 6.04 Å². The van der Waals surface area contributed by atoms with Crippen LogP contribution in [0, 0.1) is 5.92 Å². The highest BCUT2D eigenvalue weighted by atomic mass is 16.4.